The van der Waals surface area contributed by atoms with Gasteiger partial charge >= 0.3 is 0 Å². The third kappa shape index (κ3) is 4.46. The molecule has 0 radical (unpaired) electrons. The summed E-state index contributed by atoms with van der Waals surface area (Å²) in [5, 5.41) is 2.68. The number of sulfonamides is 1. The summed E-state index contributed by atoms with van der Waals surface area (Å²) in [5.41, 5.74) is 1.82. The Kier molecular flexibility index (Phi) is 6.45. The Morgan fingerprint density at radius 2 is 1.84 bits per heavy atom. The van der Waals surface area contributed by atoms with Crippen LogP contribution in [0.3, 0.4) is 0 Å². The number of nitrogens with zero attached hydrogens (tertiary/aromatic N) is 2. The summed E-state index contributed by atoms with van der Waals surface area (Å²) in [4.78, 5) is 39.5. The Bertz CT molecular complexity index is 1130. The van der Waals surface area contributed by atoms with Gasteiger partial charge in [-0.2, -0.15) is 0 Å². The number of likely N-dealkylation sites (N-methyl/N-ethyl adjacent to an activating group) is 1. The normalized spacial score (nSPS) is 15.3. The zero-order chi connectivity index (χ0) is 22.8. The molecule has 1 atom stereocenters. The molecule has 0 spiro atoms. The molecular formula is C22H25N3O5S. The van der Waals surface area contributed by atoms with Crippen LogP contribution >= 0.6 is 0 Å². The number of hydrogen-bond donors (Lipinski definition) is 1. The zero-order valence-corrected chi connectivity index (χ0v) is 18.5. The number of nitrogens with one attached hydrogen (secondary N) is 1. The fourth-order valence-corrected chi connectivity index (χ4v) is 5.03. The number of amides is 3. The van der Waals surface area contributed by atoms with E-state index in [0.717, 1.165) is 11.1 Å². The van der Waals surface area contributed by atoms with Gasteiger partial charge in [0.1, 0.15) is 17.5 Å². The standard InChI is InChI=1S/C22H25N3O5S/c1-4-23-21(27)16(3)24(13-17-9-7-8-15(2)12-17)20(26)14-25-22(28)18-10-5-6-11-19(18)31(25,29)30/h5-12,16H,4,13-14H2,1-3H3,(H,23,27)/t16-/m0/s1. The maximum atomic E-state index is 13.2. The molecule has 1 N–H and O–H groups in total. The van der Waals surface area contributed by atoms with E-state index in [1.165, 1.54) is 23.1 Å². The molecule has 3 amide bonds. The molecule has 9 heteroatoms. The minimum atomic E-state index is -4.12. The van der Waals surface area contributed by atoms with E-state index in [4.69, 9.17) is 0 Å². The topological polar surface area (TPSA) is 104 Å². The lowest BCUT2D eigenvalue weighted by Crippen LogP contribution is -2.51. The van der Waals surface area contributed by atoms with Crippen molar-refractivity contribution in [3.8, 4) is 0 Å². The molecule has 3 rings (SSSR count). The summed E-state index contributed by atoms with van der Waals surface area (Å²) in [6.45, 7) is 5.08. The summed E-state index contributed by atoms with van der Waals surface area (Å²) in [5.74, 6) is -1.74. The molecule has 0 saturated carbocycles. The van der Waals surface area contributed by atoms with Crippen LogP contribution in [-0.2, 0) is 26.2 Å². The van der Waals surface area contributed by atoms with Gasteiger partial charge in [-0.25, -0.2) is 12.7 Å². The number of rotatable bonds is 7. The molecule has 0 unspecified atom stereocenters. The summed E-state index contributed by atoms with van der Waals surface area (Å²) in [6, 6.07) is 12.5. The molecule has 1 heterocycles. The molecule has 0 saturated heterocycles. The zero-order valence-electron chi connectivity index (χ0n) is 17.7. The number of hydrogen-bond acceptors (Lipinski definition) is 5. The van der Waals surface area contributed by atoms with E-state index >= 15 is 0 Å². The van der Waals surface area contributed by atoms with Gasteiger partial charge in [0.05, 0.1) is 5.56 Å². The van der Waals surface area contributed by atoms with Crippen LogP contribution in [0.1, 0.15) is 35.3 Å². The maximum Gasteiger partial charge on any atom is 0.269 e. The van der Waals surface area contributed by atoms with Crippen LogP contribution < -0.4 is 5.32 Å². The monoisotopic (exact) mass is 443 g/mol. The van der Waals surface area contributed by atoms with Crippen LogP contribution in [0.15, 0.2) is 53.4 Å². The first-order valence-electron chi connectivity index (χ1n) is 9.95. The summed E-state index contributed by atoms with van der Waals surface area (Å²) in [6.07, 6.45) is 0. The molecular weight excluding hydrogens is 418 g/mol. The fourth-order valence-electron chi connectivity index (χ4n) is 3.51. The molecule has 0 aromatic heterocycles. The lowest BCUT2D eigenvalue weighted by molar-refractivity contribution is -0.140. The van der Waals surface area contributed by atoms with Crippen LogP contribution in [0.5, 0.6) is 0 Å². The van der Waals surface area contributed by atoms with Gasteiger partial charge in [0.15, 0.2) is 0 Å². The van der Waals surface area contributed by atoms with E-state index in [2.05, 4.69) is 5.32 Å². The third-order valence-corrected chi connectivity index (χ3v) is 6.93. The molecule has 0 aliphatic carbocycles. The van der Waals surface area contributed by atoms with Crippen molar-refractivity contribution < 1.29 is 22.8 Å². The van der Waals surface area contributed by atoms with E-state index < -0.39 is 34.4 Å². The minimum absolute atomic E-state index is 0.0392. The van der Waals surface area contributed by atoms with Gasteiger partial charge in [-0.15, -0.1) is 0 Å². The van der Waals surface area contributed by atoms with Crippen molar-refractivity contribution in [1.82, 2.24) is 14.5 Å². The highest BCUT2D eigenvalue weighted by Gasteiger charge is 2.43. The van der Waals surface area contributed by atoms with Gasteiger partial charge < -0.3 is 10.2 Å². The van der Waals surface area contributed by atoms with E-state index in [-0.39, 0.29) is 22.9 Å². The predicted octanol–water partition coefficient (Wildman–Crippen LogP) is 1.69. The number of fused-ring (bicyclic) bond motifs is 1. The largest absolute Gasteiger partial charge is 0.355 e. The van der Waals surface area contributed by atoms with Gasteiger partial charge in [0.2, 0.25) is 11.8 Å². The van der Waals surface area contributed by atoms with Crippen molar-refractivity contribution in [2.24, 2.45) is 0 Å². The van der Waals surface area contributed by atoms with E-state index in [9.17, 15) is 22.8 Å². The van der Waals surface area contributed by atoms with Crippen molar-refractivity contribution in [2.45, 2.75) is 38.3 Å². The Morgan fingerprint density at radius 3 is 2.48 bits per heavy atom. The van der Waals surface area contributed by atoms with Gasteiger partial charge in [-0.1, -0.05) is 42.0 Å². The highest BCUT2D eigenvalue weighted by molar-refractivity contribution is 7.90. The SMILES string of the molecule is CCNC(=O)[C@H](C)N(Cc1cccc(C)c1)C(=O)CN1C(=O)c2ccccc2S1(=O)=O. The average molecular weight is 444 g/mol. The second-order valence-electron chi connectivity index (χ2n) is 7.39. The Hall–Kier alpha value is -3.20. The molecule has 0 bridgehead atoms. The van der Waals surface area contributed by atoms with Crippen LogP contribution in [0.2, 0.25) is 0 Å². The van der Waals surface area contributed by atoms with E-state index in [1.54, 1.807) is 19.9 Å². The second-order valence-corrected chi connectivity index (χ2v) is 9.22. The van der Waals surface area contributed by atoms with Gasteiger partial charge in [0, 0.05) is 13.1 Å². The Morgan fingerprint density at radius 1 is 1.13 bits per heavy atom. The van der Waals surface area contributed by atoms with Crippen LogP contribution in [0.25, 0.3) is 0 Å². The summed E-state index contributed by atoms with van der Waals surface area (Å²) in [7, 11) is -4.12. The third-order valence-electron chi connectivity index (χ3n) is 5.14. The average Bonchev–Trinajstić information content (AvgIpc) is 2.92. The smallest absolute Gasteiger partial charge is 0.269 e. The maximum absolute atomic E-state index is 13.2. The molecule has 2 aromatic rings. The lowest BCUT2D eigenvalue weighted by atomic mass is 10.1. The molecule has 1 aliphatic heterocycles. The van der Waals surface area contributed by atoms with Gasteiger partial charge in [-0.3, -0.25) is 14.4 Å². The first kappa shape index (κ1) is 22.5. The minimum Gasteiger partial charge on any atom is -0.355 e. The molecule has 2 aromatic carbocycles. The molecule has 164 valence electrons. The van der Waals surface area contributed by atoms with Crippen LogP contribution in [0, 0.1) is 6.92 Å². The van der Waals surface area contributed by atoms with E-state index in [1.807, 2.05) is 31.2 Å². The number of carbonyl (C=O) groups is 3. The van der Waals surface area contributed by atoms with Crippen molar-refractivity contribution in [3.05, 3.63) is 65.2 Å². The van der Waals surface area contributed by atoms with E-state index in [0.29, 0.717) is 10.8 Å². The summed E-state index contributed by atoms with van der Waals surface area (Å²) < 4.78 is 26.2. The molecule has 31 heavy (non-hydrogen) atoms. The van der Waals surface area contributed by atoms with Crippen molar-refractivity contribution in [2.75, 3.05) is 13.1 Å². The second kappa shape index (κ2) is 8.89. The number of carbonyl (C=O) groups excluding carboxylic acids is 3. The molecule has 1 aliphatic rings. The van der Waals surface area contributed by atoms with Gasteiger partial charge in [0.25, 0.3) is 15.9 Å². The number of aryl methyl sites for hydroxylation is 1. The van der Waals surface area contributed by atoms with Crippen LogP contribution in [0.4, 0.5) is 0 Å². The molecule has 0 fully saturated rings. The van der Waals surface area contributed by atoms with Gasteiger partial charge in [-0.05, 0) is 38.5 Å². The molecule has 8 nitrogen and oxygen atoms in total. The van der Waals surface area contributed by atoms with Crippen LogP contribution in [-0.4, -0.2) is 54.5 Å². The quantitative estimate of drug-likeness (QED) is 0.701. The first-order chi connectivity index (χ1) is 14.7. The number of benzene rings is 2. The highest BCUT2D eigenvalue weighted by Crippen LogP contribution is 2.30. The first-order valence-corrected chi connectivity index (χ1v) is 11.4. The lowest BCUT2D eigenvalue weighted by Gasteiger charge is -2.30. The Balaban J connectivity index is 1.89. The van der Waals surface area contributed by atoms with Crippen molar-refractivity contribution in [3.63, 3.8) is 0 Å². The fraction of sp³-hybridized carbons (Fsp3) is 0.318. The predicted molar refractivity (Wildman–Crippen MR) is 115 cm³/mol. The Labute approximate surface area is 181 Å². The highest BCUT2D eigenvalue weighted by atomic mass is 32.2. The summed E-state index contributed by atoms with van der Waals surface area (Å²) >= 11 is 0. The van der Waals surface area contributed by atoms with Crippen molar-refractivity contribution >= 4 is 27.7 Å². The van der Waals surface area contributed by atoms with Crippen molar-refractivity contribution in [1.29, 1.82) is 0 Å².